The predicted molar refractivity (Wildman–Crippen MR) is 382 cm³/mol. The Morgan fingerprint density at radius 3 is 1.19 bits per heavy atom. The SMILES string of the molecule is CC(CC(c1ccc(-c2ccc3c(c2)C2(c4ccccc4-3)c3ccccc3-c3ccc(-c4ccc(N(c5ccc6c7ccccc7n(-c7ccccc7)c6c5)c5ccc6c7ccccc7n(-c7ccccc7)c6c5)cc4)cc32)cc1)C(C)C(C)(C)C)C(C)(C)C. The molecular weight excluding hydrogens is 1090 g/mol. The van der Waals surface area contributed by atoms with Crippen LogP contribution in [0, 0.1) is 22.7 Å². The number of fused-ring (bicyclic) bond motifs is 16. The van der Waals surface area contributed by atoms with Crippen LogP contribution in [0.15, 0.2) is 279 Å². The minimum Gasteiger partial charge on any atom is -0.310 e. The van der Waals surface area contributed by atoms with Crippen LogP contribution >= 0.6 is 0 Å². The molecule has 3 heteroatoms. The molecule has 0 amide bonds. The largest absolute Gasteiger partial charge is 0.310 e. The first-order valence-corrected chi connectivity index (χ1v) is 32.4. The van der Waals surface area contributed by atoms with Crippen LogP contribution in [-0.2, 0) is 5.41 Å². The van der Waals surface area contributed by atoms with E-state index in [0.717, 1.165) is 39.5 Å². The minimum absolute atomic E-state index is 0.191. The van der Waals surface area contributed by atoms with Crippen LogP contribution in [0.25, 0.3) is 99.5 Å². The van der Waals surface area contributed by atoms with Crippen molar-refractivity contribution < 1.29 is 0 Å². The standard InChI is InChI=1S/C87H75N3/c1-56(85(3,4)5)51-76(57(2)86(6,7)8)60-37-35-58(36-38-60)61-41-47-70-68-27-15-19-31-77(68)87(79(70)52-61)78-32-20-16-28-69(78)71-48-42-62(53-80(71)87)59-39-43-65(44-40-59)88(66-45-49-74-72-29-17-21-33-81(72)89(83(74)54-66)63-23-11-9-12-24-63)67-46-50-75-73-30-18-22-34-82(73)90(84(75)55-67)64-25-13-10-14-26-64/h9-50,52-57,76H,51H2,1-8H3. The van der Waals surface area contributed by atoms with Crippen molar-refractivity contribution >= 4 is 60.7 Å². The second-order valence-corrected chi connectivity index (χ2v) is 27.9. The number of nitrogens with zero attached hydrogens (tertiary/aromatic N) is 3. The second-order valence-electron chi connectivity index (χ2n) is 27.9. The van der Waals surface area contributed by atoms with Crippen molar-refractivity contribution in [1.82, 2.24) is 9.13 Å². The highest BCUT2D eigenvalue weighted by Gasteiger charge is 2.52. The van der Waals surface area contributed by atoms with E-state index >= 15 is 0 Å². The summed E-state index contributed by atoms with van der Waals surface area (Å²) in [5, 5.41) is 4.91. The quantitative estimate of drug-likeness (QED) is 0.126. The molecule has 2 aromatic heterocycles. The number of rotatable bonds is 11. The average molecular weight is 1160 g/mol. The molecule has 2 heterocycles. The molecule has 4 atom stereocenters. The second kappa shape index (κ2) is 21.1. The molecule has 12 aromatic carbocycles. The summed E-state index contributed by atoms with van der Waals surface area (Å²) in [6, 6.07) is 105. The van der Waals surface area contributed by atoms with Crippen LogP contribution in [0.5, 0.6) is 0 Å². The van der Waals surface area contributed by atoms with Gasteiger partial charge in [-0.05, 0) is 192 Å². The van der Waals surface area contributed by atoms with E-state index in [1.54, 1.807) is 0 Å². The Hall–Kier alpha value is -9.96. The predicted octanol–water partition coefficient (Wildman–Crippen LogP) is 23.9. The number of benzene rings is 12. The molecule has 0 radical (unpaired) electrons. The van der Waals surface area contributed by atoms with Crippen molar-refractivity contribution in [2.24, 2.45) is 22.7 Å². The Bertz CT molecular complexity index is 4920. The van der Waals surface area contributed by atoms with Gasteiger partial charge < -0.3 is 14.0 Å². The summed E-state index contributed by atoms with van der Waals surface area (Å²) >= 11 is 0. The van der Waals surface area contributed by atoms with Gasteiger partial charge in [-0.2, -0.15) is 0 Å². The molecule has 0 aliphatic heterocycles. The monoisotopic (exact) mass is 1160 g/mol. The normalized spacial score (nSPS) is 15.3. The highest BCUT2D eigenvalue weighted by molar-refractivity contribution is 6.12. The lowest BCUT2D eigenvalue weighted by atomic mass is 9.66. The van der Waals surface area contributed by atoms with Gasteiger partial charge >= 0.3 is 0 Å². The van der Waals surface area contributed by atoms with Gasteiger partial charge in [-0.1, -0.05) is 250 Å². The molecule has 3 nitrogen and oxygen atoms in total. The number of para-hydroxylation sites is 4. The third-order valence-corrected chi connectivity index (χ3v) is 21.1. The van der Waals surface area contributed by atoms with E-state index in [0.29, 0.717) is 17.8 Å². The highest BCUT2D eigenvalue weighted by atomic mass is 15.1. The van der Waals surface area contributed by atoms with Crippen molar-refractivity contribution in [3.05, 3.63) is 307 Å². The Morgan fingerprint density at radius 1 is 0.333 bits per heavy atom. The fourth-order valence-electron chi connectivity index (χ4n) is 15.5. The van der Waals surface area contributed by atoms with E-state index in [2.05, 4.69) is 348 Å². The average Bonchev–Trinajstić information content (AvgIpc) is 1.51. The maximum Gasteiger partial charge on any atom is 0.0725 e. The Balaban J connectivity index is 0.830. The highest BCUT2D eigenvalue weighted by Crippen LogP contribution is 2.64. The van der Waals surface area contributed by atoms with Crippen LogP contribution in [0.1, 0.15) is 95.5 Å². The lowest BCUT2D eigenvalue weighted by Gasteiger charge is -2.39. The third kappa shape index (κ3) is 8.75. The van der Waals surface area contributed by atoms with Crippen molar-refractivity contribution in [2.75, 3.05) is 4.90 Å². The Morgan fingerprint density at radius 2 is 0.722 bits per heavy atom. The van der Waals surface area contributed by atoms with Crippen molar-refractivity contribution in [3.8, 4) is 55.9 Å². The van der Waals surface area contributed by atoms with E-state index < -0.39 is 5.41 Å². The minimum atomic E-state index is -0.515. The molecule has 0 fully saturated rings. The zero-order valence-electron chi connectivity index (χ0n) is 52.8. The lowest BCUT2D eigenvalue weighted by Crippen LogP contribution is -2.28. The van der Waals surface area contributed by atoms with E-state index in [9.17, 15) is 0 Å². The maximum absolute atomic E-state index is 2.54. The number of hydrogen-bond acceptors (Lipinski definition) is 1. The van der Waals surface area contributed by atoms with E-state index in [1.165, 1.54) is 111 Å². The number of aromatic nitrogens is 2. The van der Waals surface area contributed by atoms with Crippen LogP contribution in [0.2, 0.25) is 0 Å². The number of anilines is 3. The summed E-state index contributed by atoms with van der Waals surface area (Å²) in [4.78, 5) is 2.45. The molecule has 2 aliphatic carbocycles. The molecule has 4 unspecified atom stereocenters. The third-order valence-electron chi connectivity index (χ3n) is 21.1. The first kappa shape index (κ1) is 55.4. The summed E-state index contributed by atoms with van der Waals surface area (Å²) < 4.78 is 4.84. The van der Waals surface area contributed by atoms with E-state index in [4.69, 9.17) is 0 Å². The van der Waals surface area contributed by atoms with Crippen molar-refractivity contribution in [1.29, 1.82) is 0 Å². The fraction of sp³-hybridized carbons (Fsp3) is 0.172. The van der Waals surface area contributed by atoms with Gasteiger partial charge in [-0.3, -0.25) is 0 Å². The smallest absolute Gasteiger partial charge is 0.0725 e. The number of hydrogen-bond donors (Lipinski definition) is 0. The summed E-state index contributed by atoms with van der Waals surface area (Å²) in [5.74, 6) is 1.58. The molecule has 0 N–H and O–H groups in total. The van der Waals surface area contributed by atoms with Crippen LogP contribution in [0.3, 0.4) is 0 Å². The van der Waals surface area contributed by atoms with Gasteiger partial charge in [0.15, 0.2) is 0 Å². The van der Waals surface area contributed by atoms with E-state index in [-0.39, 0.29) is 10.8 Å². The van der Waals surface area contributed by atoms with Gasteiger partial charge in [0.2, 0.25) is 0 Å². The molecule has 0 saturated carbocycles. The fourth-order valence-corrected chi connectivity index (χ4v) is 15.5. The van der Waals surface area contributed by atoms with Crippen LogP contribution in [0.4, 0.5) is 17.1 Å². The molecule has 2 aliphatic rings. The van der Waals surface area contributed by atoms with Crippen molar-refractivity contribution in [2.45, 2.75) is 73.1 Å². The van der Waals surface area contributed by atoms with Crippen molar-refractivity contribution in [3.63, 3.8) is 0 Å². The molecule has 1 spiro atoms. The maximum atomic E-state index is 2.54. The van der Waals surface area contributed by atoms with Crippen LogP contribution < -0.4 is 4.90 Å². The Kier molecular flexibility index (Phi) is 13.0. The molecule has 16 rings (SSSR count). The first-order chi connectivity index (χ1) is 43.7. The van der Waals surface area contributed by atoms with Crippen LogP contribution in [-0.4, -0.2) is 9.13 Å². The first-order valence-electron chi connectivity index (χ1n) is 32.4. The van der Waals surface area contributed by atoms with E-state index in [1.807, 2.05) is 0 Å². The summed E-state index contributed by atoms with van der Waals surface area (Å²) in [5.41, 5.74) is 27.0. The molecule has 438 valence electrons. The molecular formula is C87H75N3. The van der Waals surface area contributed by atoms with Gasteiger partial charge in [-0.25, -0.2) is 0 Å². The Labute approximate surface area is 530 Å². The molecule has 0 saturated heterocycles. The lowest BCUT2D eigenvalue weighted by molar-refractivity contribution is 0.163. The zero-order valence-corrected chi connectivity index (χ0v) is 52.8. The zero-order chi connectivity index (χ0) is 61.2. The molecule has 0 bridgehead atoms. The van der Waals surface area contributed by atoms with Gasteiger partial charge in [0, 0.05) is 50.0 Å². The summed E-state index contributed by atoms with van der Waals surface area (Å²) in [6.45, 7) is 19.4. The van der Waals surface area contributed by atoms with Gasteiger partial charge in [-0.15, -0.1) is 0 Å². The van der Waals surface area contributed by atoms with Gasteiger partial charge in [0.05, 0.1) is 27.5 Å². The topological polar surface area (TPSA) is 13.1 Å². The molecule has 14 aromatic rings. The summed E-state index contributed by atoms with van der Waals surface area (Å²) in [7, 11) is 0. The van der Waals surface area contributed by atoms with Gasteiger partial charge in [0.1, 0.15) is 0 Å². The molecule has 90 heavy (non-hydrogen) atoms. The summed E-state index contributed by atoms with van der Waals surface area (Å²) in [6.07, 6.45) is 1.17. The van der Waals surface area contributed by atoms with Gasteiger partial charge in [0.25, 0.3) is 0 Å².